The van der Waals surface area contributed by atoms with Crippen molar-refractivity contribution in [1.82, 2.24) is 10.6 Å². The second-order valence-electron chi connectivity index (χ2n) is 6.21. The van der Waals surface area contributed by atoms with Crippen molar-refractivity contribution >= 4 is 18.0 Å². The first kappa shape index (κ1) is 22.9. The number of esters is 1. The third kappa shape index (κ3) is 9.00. The molecule has 0 spiro atoms. The van der Waals surface area contributed by atoms with Crippen molar-refractivity contribution in [1.29, 1.82) is 5.26 Å². The lowest BCUT2D eigenvalue weighted by atomic mass is 10.0. The molecule has 1 aromatic carbocycles. The van der Waals surface area contributed by atoms with Crippen LogP contribution in [0.3, 0.4) is 0 Å². The smallest absolute Gasteiger partial charge is 0.407 e. The lowest BCUT2D eigenvalue weighted by Crippen LogP contribution is -2.44. The van der Waals surface area contributed by atoms with E-state index in [1.807, 2.05) is 24.3 Å². The highest BCUT2D eigenvalue weighted by Crippen LogP contribution is 2.07. The molecule has 0 aliphatic rings. The summed E-state index contributed by atoms with van der Waals surface area (Å²) >= 11 is 0. The average molecular weight is 391 g/mol. The van der Waals surface area contributed by atoms with Gasteiger partial charge in [-0.05, 0) is 18.9 Å². The number of amides is 2. The van der Waals surface area contributed by atoms with Gasteiger partial charge < -0.3 is 25.2 Å². The van der Waals surface area contributed by atoms with Gasteiger partial charge in [0.15, 0.2) is 0 Å². The quantitative estimate of drug-likeness (QED) is 0.503. The first-order chi connectivity index (χ1) is 13.3. The summed E-state index contributed by atoms with van der Waals surface area (Å²) in [5.41, 5.74) is 0.818. The molecule has 0 fully saturated rings. The summed E-state index contributed by atoms with van der Waals surface area (Å²) < 4.78 is 9.60. The largest absolute Gasteiger partial charge is 0.467 e. The van der Waals surface area contributed by atoms with Crippen LogP contribution in [0.4, 0.5) is 4.79 Å². The molecule has 152 valence electrons. The SMILES string of the molecule is COC(=O)[C@H](C[C@@H](C)C#N)NC(=O)C[C@@H](O)CNC(=O)OCc1ccccc1. The number of alkyl carbamates (subject to hydrolysis) is 1. The van der Waals surface area contributed by atoms with E-state index in [9.17, 15) is 19.5 Å². The zero-order valence-corrected chi connectivity index (χ0v) is 15.9. The Morgan fingerprint density at radius 2 is 1.93 bits per heavy atom. The van der Waals surface area contributed by atoms with Crippen LogP contribution in [0.2, 0.25) is 0 Å². The maximum Gasteiger partial charge on any atom is 0.407 e. The molecule has 9 nitrogen and oxygen atoms in total. The first-order valence-corrected chi connectivity index (χ1v) is 8.75. The molecule has 1 aromatic rings. The Labute approximate surface area is 163 Å². The Balaban J connectivity index is 2.36. The Morgan fingerprint density at radius 1 is 1.25 bits per heavy atom. The second-order valence-corrected chi connectivity index (χ2v) is 6.21. The lowest BCUT2D eigenvalue weighted by molar-refractivity contribution is -0.145. The number of nitrogens with zero attached hydrogens (tertiary/aromatic N) is 1. The van der Waals surface area contributed by atoms with Gasteiger partial charge in [-0.3, -0.25) is 4.79 Å². The average Bonchev–Trinajstić information content (AvgIpc) is 2.70. The van der Waals surface area contributed by atoms with Gasteiger partial charge in [0, 0.05) is 12.5 Å². The maximum absolute atomic E-state index is 12.0. The zero-order valence-electron chi connectivity index (χ0n) is 15.9. The third-order valence-electron chi connectivity index (χ3n) is 3.75. The molecule has 0 saturated heterocycles. The van der Waals surface area contributed by atoms with E-state index >= 15 is 0 Å². The molecule has 1 rings (SSSR count). The summed E-state index contributed by atoms with van der Waals surface area (Å²) in [6.45, 7) is 1.50. The fourth-order valence-corrected chi connectivity index (χ4v) is 2.28. The lowest BCUT2D eigenvalue weighted by Gasteiger charge is -2.18. The van der Waals surface area contributed by atoms with Crippen molar-refractivity contribution in [3.63, 3.8) is 0 Å². The monoisotopic (exact) mass is 391 g/mol. The van der Waals surface area contributed by atoms with Gasteiger partial charge >= 0.3 is 12.1 Å². The van der Waals surface area contributed by atoms with Crippen LogP contribution in [0, 0.1) is 17.2 Å². The van der Waals surface area contributed by atoms with Gasteiger partial charge in [0.25, 0.3) is 0 Å². The van der Waals surface area contributed by atoms with Crippen LogP contribution in [-0.4, -0.2) is 48.9 Å². The minimum Gasteiger partial charge on any atom is -0.467 e. The van der Waals surface area contributed by atoms with Gasteiger partial charge in [0.1, 0.15) is 12.6 Å². The summed E-state index contributed by atoms with van der Waals surface area (Å²) in [6.07, 6.45) is -2.14. The van der Waals surface area contributed by atoms with Crippen LogP contribution >= 0.6 is 0 Å². The van der Waals surface area contributed by atoms with Gasteiger partial charge in [0.2, 0.25) is 5.91 Å². The fourth-order valence-electron chi connectivity index (χ4n) is 2.28. The normalized spacial score (nSPS) is 13.4. The number of rotatable bonds is 10. The number of benzene rings is 1. The van der Waals surface area contributed by atoms with Crippen LogP contribution in [-0.2, 0) is 25.7 Å². The Morgan fingerprint density at radius 3 is 2.54 bits per heavy atom. The minimum absolute atomic E-state index is 0.0845. The number of carbonyl (C=O) groups excluding carboxylic acids is 3. The highest BCUT2D eigenvalue weighted by molar-refractivity contribution is 5.84. The number of aliphatic hydroxyl groups is 1. The second kappa shape index (κ2) is 12.3. The molecule has 28 heavy (non-hydrogen) atoms. The van der Waals surface area contributed by atoms with Crippen LogP contribution in [0.25, 0.3) is 0 Å². The molecule has 0 unspecified atom stereocenters. The van der Waals surface area contributed by atoms with Gasteiger partial charge in [0.05, 0.1) is 25.7 Å². The number of nitriles is 1. The zero-order chi connectivity index (χ0) is 20.9. The summed E-state index contributed by atoms with van der Waals surface area (Å²) in [6, 6.07) is 10.1. The predicted molar refractivity (Wildman–Crippen MR) is 98.6 cm³/mol. The molecular weight excluding hydrogens is 366 g/mol. The maximum atomic E-state index is 12.0. The third-order valence-corrected chi connectivity index (χ3v) is 3.75. The molecule has 0 saturated carbocycles. The van der Waals surface area contributed by atoms with E-state index < -0.39 is 36.0 Å². The van der Waals surface area contributed by atoms with E-state index in [1.165, 1.54) is 7.11 Å². The molecule has 9 heteroatoms. The highest BCUT2D eigenvalue weighted by Gasteiger charge is 2.24. The number of methoxy groups -OCH3 is 1. The molecule has 2 amide bonds. The standard InChI is InChI=1S/C19H25N3O6/c1-13(10-20)8-16(18(25)27-2)22-17(24)9-15(23)11-21-19(26)28-12-14-6-4-3-5-7-14/h3-7,13,15-16,23H,8-9,11-12H2,1-2H3,(H,21,26)(H,22,24)/t13-,15-,16+/m1/s1. The Hall–Kier alpha value is -3.12. The minimum atomic E-state index is -1.17. The van der Waals surface area contributed by atoms with Crippen LogP contribution in [0.1, 0.15) is 25.3 Å². The molecule has 0 heterocycles. The van der Waals surface area contributed by atoms with Crippen molar-refractivity contribution in [3.8, 4) is 6.07 Å². The van der Waals surface area contributed by atoms with Gasteiger partial charge in [-0.15, -0.1) is 0 Å². The van der Waals surface area contributed by atoms with Crippen molar-refractivity contribution in [3.05, 3.63) is 35.9 Å². The number of aliphatic hydroxyl groups excluding tert-OH is 1. The Bertz CT molecular complexity index is 689. The number of carbonyl (C=O) groups is 3. The van der Waals surface area contributed by atoms with E-state index in [0.29, 0.717) is 0 Å². The van der Waals surface area contributed by atoms with E-state index in [-0.39, 0.29) is 26.0 Å². The van der Waals surface area contributed by atoms with Crippen molar-refractivity contribution in [2.24, 2.45) is 5.92 Å². The molecule has 0 bridgehead atoms. The first-order valence-electron chi connectivity index (χ1n) is 8.75. The number of hydrogen-bond donors (Lipinski definition) is 3. The number of hydrogen-bond acceptors (Lipinski definition) is 7. The summed E-state index contributed by atoms with van der Waals surface area (Å²) in [5.74, 6) is -1.74. The predicted octanol–water partition coefficient (Wildman–Crippen LogP) is 0.871. The van der Waals surface area contributed by atoms with Crippen LogP contribution in [0.15, 0.2) is 30.3 Å². The molecule has 0 aromatic heterocycles. The van der Waals surface area contributed by atoms with Gasteiger partial charge in [-0.1, -0.05) is 30.3 Å². The number of ether oxygens (including phenoxy) is 2. The van der Waals surface area contributed by atoms with Gasteiger partial charge in [-0.25, -0.2) is 9.59 Å². The summed E-state index contributed by atoms with van der Waals surface area (Å²) in [7, 11) is 1.18. The van der Waals surface area contributed by atoms with Crippen LogP contribution < -0.4 is 10.6 Å². The summed E-state index contributed by atoms with van der Waals surface area (Å²) in [4.78, 5) is 35.3. The van der Waals surface area contributed by atoms with Gasteiger partial charge in [-0.2, -0.15) is 5.26 Å². The van der Waals surface area contributed by atoms with Crippen molar-refractivity contribution < 1.29 is 29.0 Å². The van der Waals surface area contributed by atoms with E-state index in [1.54, 1.807) is 19.1 Å². The molecule has 3 N–H and O–H groups in total. The molecule has 0 aliphatic heterocycles. The Kier molecular flexibility index (Phi) is 10.1. The molecule has 3 atom stereocenters. The van der Waals surface area contributed by atoms with Crippen molar-refractivity contribution in [2.75, 3.05) is 13.7 Å². The fraction of sp³-hybridized carbons (Fsp3) is 0.474. The van der Waals surface area contributed by atoms with Crippen LogP contribution in [0.5, 0.6) is 0 Å². The van der Waals surface area contributed by atoms with E-state index in [4.69, 9.17) is 10.00 Å². The van der Waals surface area contributed by atoms with Crippen molar-refractivity contribution in [2.45, 2.75) is 38.5 Å². The number of nitrogens with one attached hydrogen (secondary N) is 2. The highest BCUT2D eigenvalue weighted by atomic mass is 16.5. The van der Waals surface area contributed by atoms with E-state index in [0.717, 1.165) is 5.56 Å². The molecule has 0 aliphatic carbocycles. The molecular formula is C19H25N3O6. The van der Waals surface area contributed by atoms with E-state index in [2.05, 4.69) is 15.4 Å². The topological polar surface area (TPSA) is 138 Å². The summed E-state index contributed by atoms with van der Waals surface area (Å²) in [5, 5.41) is 23.5. The molecule has 0 radical (unpaired) electrons.